The maximum absolute atomic E-state index is 13.6. The Kier molecular flexibility index (Phi) is 6.77. The predicted octanol–water partition coefficient (Wildman–Crippen LogP) is 6.74. The highest BCUT2D eigenvalue weighted by atomic mass is 16.5. The zero-order chi connectivity index (χ0) is 29.0. The van der Waals surface area contributed by atoms with E-state index in [0.717, 1.165) is 28.1 Å². The van der Waals surface area contributed by atoms with Crippen LogP contribution in [0.4, 0.5) is 11.4 Å². The summed E-state index contributed by atoms with van der Waals surface area (Å²) in [5, 5.41) is 11.6. The van der Waals surface area contributed by atoms with Gasteiger partial charge in [-0.05, 0) is 57.9 Å². The monoisotopic (exact) mass is 538 g/mol. The molecular formula is C34H38N2O4. The van der Waals surface area contributed by atoms with Crippen molar-refractivity contribution in [3.05, 3.63) is 94.6 Å². The van der Waals surface area contributed by atoms with E-state index in [9.17, 15) is 14.7 Å². The lowest BCUT2D eigenvalue weighted by molar-refractivity contribution is -0.132. The summed E-state index contributed by atoms with van der Waals surface area (Å²) < 4.78 is 5.76. The third kappa shape index (κ3) is 4.87. The summed E-state index contributed by atoms with van der Waals surface area (Å²) in [5.74, 6) is -0.837. The molecule has 3 aromatic rings. The van der Waals surface area contributed by atoms with E-state index in [0.29, 0.717) is 24.4 Å². The summed E-state index contributed by atoms with van der Waals surface area (Å²) in [5.41, 5.74) is 4.89. The number of aliphatic hydroxyl groups excluding tert-OH is 1. The van der Waals surface area contributed by atoms with Gasteiger partial charge in [-0.15, -0.1) is 0 Å². The maximum atomic E-state index is 13.6. The van der Waals surface area contributed by atoms with Crippen LogP contribution in [0.25, 0.3) is 5.76 Å². The molecule has 208 valence electrons. The van der Waals surface area contributed by atoms with Crippen LogP contribution in [0.15, 0.2) is 72.3 Å². The van der Waals surface area contributed by atoms with Gasteiger partial charge in [-0.3, -0.25) is 14.5 Å². The summed E-state index contributed by atoms with van der Waals surface area (Å²) in [6.45, 7) is 14.1. The third-order valence-corrected chi connectivity index (χ3v) is 7.88. The first kappa shape index (κ1) is 27.5. The van der Waals surface area contributed by atoms with E-state index in [1.807, 2.05) is 66.5 Å². The summed E-state index contributed by atoms with van der Waals surface area (Å²) in [6.07, 6.45) is 0. The molecule has 40 heavy (non-hydrogen) atoms. The van der Waals surface area contributed by atoms with Gasteiger partial charge < -0.3 is 14.7 Å². The van der Waals surface area contributed by atoms with E-state index in [4.69, 9.17) is 4.74 Å². The van der Waals surface area contributed by atoms with Gasteiger partial charge in [0.25, 0.3) is 11.7 Å². The average molecular weight is 539 g/mol. The second kappa shape index (κ2) is 9.84. The Morgan fingerprint density at radius 2 is 1.43 bits per heavy atom. The molecule has 1 fully saturated rings. The Hall–Kier alpha value is -4.06. The first-order chi connectivity index (χ1) is 18.8. The van der Waals surface area contributed by atoms with Crippen LogP contribution in [-0.2, 0) is 20.4 Å². The number of anilines is 2. The second-order valence-electron chi connectivity index (χ2n) is 12.8. The van der Waals surface area contributed by atoms with Crippen LogP contribution in [-0.4, -0.2) is 37.0 Å². The van der Waals surface area contributed by atoms with Crippen molar-refractivity contribution in [2.45, 2.75) is 58.4 Å². The highest BCUT2D eigenvalue weighted by Gasteiger charge is 2.47. The number of Topliss-reactive ketones (excluding diaryl/α,β-unsaturated/α-hetero) is 1. The van der Waals surface area contributed by atoms with Crippen molar-refractivity contribution in [3.63, 3.8) is 0 Å². The van der Waals surface area contributed by atoms with Gasteiger partial charge in [-0.25, -0.2) is 0 Å². The first-order valence-corrected chi connectivity index (χ1v) is 13.8. The van der Waals surface area contributed by atoms with E-state index >= 15 is 0 Å². The molecule has 6 nitrogen and oxygen atoms in total. The Bertz CT molecular complexity index is 1490. The quantitative estimate of drug-likeness (QED) is 0.227. The molecule has 1 atom stereocenters. The van der Waals surface area contributed by atoms with Crippen molar-refractivity contribution in [2.75, 3.05) is 30.0 Å². The first-order valence-electron chi connectivity index (χ1n) is 13.8. The highest BCUT2D eigenvalue weighted by Crippen LogP contribution is 2.44. The minimum absolute atomic E-state index is 0.0552. The molecule has 1 saturated heterocycles. The van der Waals surface area contributed by atoms with Crippen molar-refractivity contribution in [1.29, 1.82) is 0 Å². The fourth-order valence-electron chi connectivity index (χ4n) is 5.36. The van der Waals surface area contributed by atoms with Crippen LogP contribution in [0.2, 0.25) is 0 Å². The number of rotatable bonds is 3. The molecule has 0 saturated carbocycles. The molecule has 2 heterocycles. The third-order valence-electron chi connectivity index (χ3n) is 7.88. The number of amides is 1. The zero-order valence-corrected chi connectivity index (χ0v) is 24.4. The van der Waals surface area contributed by atoms with Crippen molar-refractivity contribution >= 4 is 28.8 Å². The molecule has 2 aliphatic heterocycles. The van der Waals surface area contributed by atoms with Crippen LogP contribution < -0.4 is 14.5 Å². The molecule has 0 aliphatic carbocycles. The lowest BCUT2D eigenvalue weighted by atomic mass is 9.85. The topological polar surface area (TPSA) is 70.1 Å². The zero-order valence-electron chi connectivity index (χ0n) is 24.4. The lowest BCUT2D eigenvalue weighted by Crippen LogP contribution is -2.29. The lowest BCUT2D eigenvalue weighted by Gasteiger charge is -2.29. The number of aliphatic hydroxyl groups is 1. The van der Waals surface area contributed by atoms with Gasteiger partial charge in [0.05, 0.1) is 23.8 Å². The Balaban J connectivity index is 1.67. The number of nitrogens with zero attached hydrogens (tertiary/aromatic N) is 2. The molecule has 0 aromatic heterocycles. The number of fused-ring (bicyclic) bond motifs is 1. The number of hydrogen-bond acceptors (Lipinski definition) is 5. The predicted molar refractivity (Wildman–Crippen MR) is 160 cm³/mol. The molecule has 1 amide bonds. The molecule has 0 spiro atoms. The fourth-order valence-corrected chi connectivity index (χ4v) is 5.36. The number of ether oxygens (including phenoxy) is 1. The molecule has 1 unspecified atom stereocenters. The second-order valence-corrected chi connectivity index (χ2v) is 12.8. The van der Waals surface area contributed by atoms with Crippen molar-refractivity contribution in [3.8, 4) is 5.75 Å². The van der Waals surface area contributed by atoms with Gasteiger partial charge >= 0.3 is 0 Å². The van der Waals surface area contributed by atoms with E-state index in [1.165, 1.54) is 4.90 Å². The molecular weight excluding hydrogens is 500 g/mol. The number of carbonyl (C=O) groups is 2. The number of benzene rings is 3. The Labute approximate surface area is 236 Å². The van der Waals surface area contributed by atoms with E-state index in [1.54, 1.807) is 12.1 Å². The Morgan fingerprint density at radius 3 is 2.00 bits per heavy atom. The van der Waals surface area contributed by atoms with E-state index < -0.39 is 17.7 Å². The largest absolute Gasteiger partial charge is 0.507 e. The molecule has 6 heteroatoms. The van der Waals surface area contributed by atoms with Gasteiger partial charge in [0.15, 0.2) is 0 Å². The minimum Gasteiger partial charge on any atom is -0.507 e. The van der Waals surface area contributed by atoms with Crippen LogP contribution in [0.3, 0.4) is 0 Å². The normalized spacial score (nSPS) is 19.0. The number of hydrogen-bond donors (Lipinski definition) is 1. The van der Waals surface area contributed by atoms with Crippen LogP contribution in [0, 0.1) is 0 Å². The molecule has 2 aliphatic rings. The van der Waals surface area contributed by atoms with Gasteiger partial charge in [-0.2, -0.15) is 0 Å². The summed E-state index contributed by atoms with van der Waals surface area (Å²) in [4.78, 5) is 30.8. The number of likely N-dealkylation sites (N-methyl/N-ethyl adjacent to an activating group) is 1. The van der Waals surface area contributed by atoms with E-state index in [-0.39, 0.29) is 22.2 Å². The SMILES string of the molecule is CN1CCOc2ccc(/C(O)=C3/C(=O)C(=O)N(c4ccc(C(C)(C)C)cc4)C3c3ccc(C(C)(C)C)cc3)cc21. The molecule has 0 radical (unpaired) electrons. The maximum Gasteiger partial charge on any atom is 0.300 e. The van der Waals surface area contributed by atoms with Crippen LogP contribution in [0.1, 0.15) is 69.8 Å². The van der Waals surface area contributed by atoms with Crippen molar-refractivity contribution < 1.29 is 19.4 Å². The highest BCUT2D eigenvalue weighted by molar-refractivity contribution is 6.51. The van der Waals surface area contributed by atoms with Crippen LogP contribution in [0.5, 0.6) is 5.75 Å². The van der Waals surface area contributed by atoms with Crippen molar-refractivity contribution in [1.82, 2.24) is 0 Å². The Morgan fingerprint density at radius 1 is 0.850 bits per heavy atom. The average Bonchev–Trinajstić information content (AvgIpc) is 3.17. The smallest absolute Gasteiger partial charge is 0.300 e. The van der Waals surface area contributed by atoms with Crippen molar-refractivity contribution in [2.24, 2.45) is 0 Å². The van der Waals surface area contributed by atoms with Gasteiger partial charge in [-0.1, -0.05) is 77.9 Å². The van der Waals surface area contributed by atoms with Gasteiger partial charge in [0.1, 0.15) is 18.1 Å². The molecule has 1 N–H and O–H groups in total. The fraction of sp³-hybridized carbons (Fsp3) is 0.353. The van der Waals surface area contributed by atoms with E-state index in [2.05, 4.69) is 41.5 Å². The summed E-state index contributed by atoms with van der Waals surface area (Å²) >= 11 is 0. The number of ketones is 1. The molecule has 0 bridgehead atoms. The summed E-state index contributed by atoms with van der Waals surface area (Å²) in [7, 11) is 1.96. The number of carbonyl (C=O) groups excluding carboxylic acids is 2. The van der Waals surface area contributed by atoms with Gasteiger partial charge in [0.2, 0.25) is 0 Å². The minimum atomic E-state index is -0.778. The van der Waals surface area contributed by atoms with Gasteiger partial charge in [0, 0.05) is 18.3 Å². The van der Waals surface area contributed by atoms with Crippen LogP contribution >= 0.6 is 0 Å². The molecule has 5 rings (SSSR count). The molecule has 3 aromatic carbocycles. The summed E-state index contributed by atoms with van der Waals surface area (Å²) in [6, 6.07) is 20.3. The standard InChI is InChI=1S/C34H38N2O4/c1-33(2,3)23-11-8-21(9-12-23)29-28(30(37)22-10-17-27-26(20-22)35(7)18-19-40-27)31(38)32(39)36(29)25-15-13-24(14-16-25)34(4,5)6/h8-17,20,29,37H,18-19H2,1-7H3/b30-28-.